The highest BCUT2D eigenvalue weighted by atomic mass is 16.1. The Balaban J connectivity index is 1.83. The van der Waals surface area contributed by atoms with Crippen molar-refractivity contribution in [1.82, 2.24) is 9.97 Å². The number of hydrogen-bond acceptors (Lipinski definition) is 2. The van der Waals surface area contributed by atoms with Crippen molar-refractivity contribution in [1.29, 1.82) is 0 Å². The van der Waals surface area contributed by atoms with Crippen LogP contribution < -0.4 is 5.32 Å². The van der Waals surface area contributed by atoms with Gasteiger partial charge in [-0.15, -0.1) is 0 Å². The molecule has 0 spiro atoms. The summed E-state index contributed by atoms with van der Waals surface area (Å²) >= 11 is 0. The molecular formula is C21H25N3O. The first-order valence-electron chi connectivity index (χ1n) is 8.94. The first-order valence-corrected chi connectivity index (χ1v) is 8.94. The highest BCUT2D eigenvalue weighted by Crippen LogP contribution is 2.26. The average Bonchev–Trinajstić information content (AvgIpc) is 3.00. The zero-order chi connectivity index (χ0) is 17.8. The summed E-state index contributed by atoms with van der Waals surface area (Å²) in [5, 5.41) is 3.04. The molecule has 2 aromatic carbocycles. The van der Waals surface area contributed by atoms with Crippen LogP contribution in [0.3, 0.4) is 0 Å². The van der Waals surface area contributed by atoms with E-state index in [0.29, 0.717) is 6.42 Å². The third-order valence-corrected chi connectivity index (χ3v) is 4.43. The van der Waals surface area contributed by atoms with E-state index in [2.05, 4.69) is 41.3 Å². The number of anilines is 1. The van der Waals surface area contributed by atoms with Crippen LogP contribution >= 0.6 is 0 Å². The maximum absolute atomic E-state index is 12.1. The number of rotatable bonds is 6. The molecule has 4 nitrogen and oxygen atoms in total. The number of aromatic amines is 1. The molecule has 0 unspecified atom stereocenters. The van der Waals surface area contributed by atoms with Crippen LogP contribution in [0.5, 0.6) is 0 Å². The Labute approximate surface area is 148 Å². The molecule has 0 bridgehead atoms. The van der Waals surface area contributed by atoms with E-state index in [4.69, 9.17) is 0 Å². The topological polar surface area (TPSA) is 57.8 Å². The summed E-state index contributed by atoms with van der Waals surface area (Å²) in [4.78, 5) is 20.2. The SMILES string of the molecule is CCCCCC(=O)Nc1cc(-c2nc3ccc(C)cc3[nH]2)ccc1C. The molecular weight excluding hydrogens is 310 g/mol. The Bertz CT molecular complexity index is 895. The van der Waals surface area contributed by atoms with Crippen molar-refractivity contribution in [2.45, 2.75) is 46.5 Å². The zero-order valence-electron chi connectivity index (χ0n) is 15.1. The van der Waals surface area contributed by atoms with E-state index >= 15 is 0 Å². The lowest BCUT2D eigenvalue weighted by Crippen LogP contribution is -2.12. The molecule has 0 saturated carbocycles. The number of unbranched alkanes of at least 4 members (excludes halogenated alkanes) is 2. The van der Waals surface area contributed by atoms with Crippen LogP contribution in [0.2, 0.25) is 0 Å². The van der Waals surface area contributed by atoms with Gasteiger partial charge in [-0.05, 0) is 49.6 Å². The largest absolute Gasteiger partial charge is 0.338 e. The number of carbonyl (C=O) groups excluding carboxylic acids is 1. The summed E-state index contributed by atoms with van der Waals surface area (Å²) in [5.74, 6) is 0.899. The summed E-state index contributed by atoms with van der Waals surface area (Å²) < 4.78 is 0. The lowest BCUT2D eigenvalue weighted by Gasteiger charge is -2.10. The van der Waals surface area contributed by atoms with Crippen LogP contribution in [0.15, 0.2) is 36.4 Å². The molecule has 1 amide bonds. The minimum Gasteiger partial charge on any atom is -0.338 e. The molecule has 25 heavy (non-hydrogen) atoms. The first-order chi connectivity index (χ1) is 12.1. The van der Waals surface area contributed by atoms with Crippen molar-refractivity contribution in [2.24, 2.45) is 0 Å². The van der Waals surface area contributed by atoms with E-state index in [1.807, 2.05) is 31.2 Å². The van der Waals surface area contributed by atoms with Crippen molar-refractivity contribution >= 4 is 22.6 Å². The minimum atomic E-state index is 0.0777. The molecule has 3 aromatic rings. The van der Waals surface area contributed by atoms with Gasteiger partial charge in [0, 0.05) is 17.7 Å². The summed E-state index contributed by atoms with van der Waals surface area (Å²) in [6.07, 6.45) is 3.71. The number of aryl methyl sites for hydroxylation is 2. The highest BCUT2D eigenvalue weighted by molar-refractivity contribution is 5.92. The molecule has 1 heterocycles. The average molecular weight is 335 g/mol. The fourth-order valence-corrected chi connectivity index (χ4v) is 2.91. The molecule has 0 saturated heterocycles. The second-order valence-corrected chi connectivity index (χ2v) is 6.64. The quantitative estimate of drug-likeness (QED) is 0.595. The third kappa shape index (κ3) is 4.08. The Kier molecular flexibility index (Phi) is 5.17. The number of imidazole rings is 1. The second-order valence-electron chi connectivity index (χ2n) is 6.64. The standard InChI is InChI=1S/C21H25N3O/c1-4-5-6-7-20(25)22-18-13-16(10-9-15(18)3)21-23-17-11-8-14(2)12-19(17)24-21/h8-13H,4-7H2,1-3H3,(H,22,25)(H,23,24). The summed E-state index contributed by atoms with van der Waals surface area (Å²) in [5.41, 5.74) is 6.07. The number of carbonyl (C=O) groups is 1. The van der Waals surface area contributed by atoms with Gasteiger partial charge in [0.15, 0.2) is 0 Å². The third-order valence-electron chi connectivity index (χ3n) is 4.43. The van der Waals surface area contributed by atoms with E-state index < -0.39 is 0 Å². The number of hydrogen-bond donors (Lipinski definition) is 2. The summed E-state index contributed by atoms with van der Waals surface area (Å²) in [7, 11) is 0. The number of amides is 1. The van der Waals surface area contributed by atoms with Gasteiger partial charge >= 0.3 is 0 Å². The first kappa shape index (κ1) is 17.2. The molecule has 0 aliphatic rings. The molecule has 130 valence electrons. The molecule has 1 aromatic heterocycles. The fourth-order valence-electron chi connectivity index (χ4n) is 2.91. The Hall–Kier alpha value is -2.62. The van der Waals surface area contributed by atoms with Gasteiger partial charge in [0.2, 0.25) is 5.91 Å². The molecule has 0 atom stereocenters. The van der Waals surface area contributed by atoms with Crippen LogP contribution in [0.4, 0.5) is 5.69 Å². The fraction of sp³-hybridized carbons (Fsp3) is 0.333. The van der Waals surface area contributed by atoms with E-state index in [1.165, 1.54) is 5.56 Å². The van der Waals surface area contributed by atoms with Gasteiger partial charge in [0.25, 0.3) is 0 Å². The van der Waals surface area contributed by atoms with Gasteiger partial charge < -0.3 is 10.3 Å². The van der Waals surface area contributed by atoms with Crippen LogP contribution in [-0.4, -0.2) is 15.9 Å². The van der Waals surface area contributed by atoms with E-state index in [9.17, 15) is 4.79 Å². The molecule has 2 N–H and O–H groups in total. The lowest BCUT2D eigenvalue weighted by atomic mass is 10.1. The van der Waals surface area contributed by atoms with Crippen molar-refractivity contribution in [2.75, 3.05) is 5.32 Å². The highest BCUT2D eigenvalue weighted by Gasteiger charge is 2.10. The van der Waals surface area contributed by atoms with Crippen molar-refractivity contribution < 1.29 is 4.79 Å². The van der Waals surface area contributed by atoms with Gasteiger partial charge in [-0.3, -0.25) is 4.79 Å². The Morgan fingerprint density at radius 2 is 1.96 bits per heavy atom. The van der Waals surface area contributed by atoms with E-state index in [-0.39, 0.29) is 5.91 Å². The molecule has 0 aliphatic heterocycles. The zero-order valence-corrected chi connectivity index (χ0v) is 15.1. The Morgan fingerprint density at radius 1 is 1.12 bits per heavy atom. The molecule has 0 fully saturated rings. The van der Waals surface area contributed by atoms with Gasteiger partial charge in [0.1, 0.15) is 5.82 Å². The van der Waals surface area contributed by atoms with Gasteiger partial charge in [-0.25, -0.2) is 4.98 Å². The smallest absolute Gasteiger partial charge is 0.224 e. The van der Waals surface area contributed by atoms with Crippen molar-refractivity contribution in [3.8, 4) is 11.4 Å². The van der Waals surface area contributed by atoms with E-state index in [1.54, 1.807) is 0 Å². The second kappa shape index (κ2) is 7.51. The molecule has 0 radical (unpaired) electrons. The Morgan fingerprint density at radius 3 is 2.76 bits per heavy atom. The monoisotopic (exact) mass is 335 g/mol. The molecule has 0 aliphatic carbocycles. The van der Waals surface area contributed by atoms with Crippen LogP contribution in [0, 0.1) is 13.8 Å². The van der Waals surface area contributed by atoms with E-state index in [0.717, 1.165) is 52.9 Å². The number of aromatic nitrogens is 2. The normalized spacial score (nSPS) is 11.0. The lowest BCUT2D eigenvalue weighted by molar-refractivity contribution is -0.116. The van der Waals surface area contributed by atoms with Crippen LogP contribution in [-0.2, 0) is 4.79 Å². The van der Waals surface area contributed by atoms with Crippen LogP contribution in [0.25, 0.3) is 22.4 Å². The predicted molar refractivity (Wildman–Crippen MR) is 104 cm³/mol. The summed E-state index contributed by atoms with van der Waals surface area (Å²) in [6.45, 7) is 6.21. The van der Waals surface area contributed by atoms with Gasteiger partial charge in [0.05, 0.1) is 11.0 Å². The molecule has 3 rings (SSSR count). The maximum Gasteiger partial charge on any atom is 0.224 e. The van der Waals surface area contributed by atoms with Crippen molar-refractivity contribution in [3.05, 3.63) is 47.5 Å². The summed E-state index contributed by atoms with van der Waals surface area (Å²) in [6, 6.07) is 12.2. The predicted octanol–water partition coefficient (Wildman–Crippen LogP) is 5.37. The molecule has 4 heteroatoms. The van der Waals surface area contributed by atoms with Crippen LogP contribution in [0.1, 0.15) is 43.7 Å². The number of fused-ring (bicyclic) bond motifs is 1. The minimum absolute atomic E-state index is 0.0777. The van der Waals surface area contributed by atoms with Gasteiger partial charge in [-0.1, -0.05) is 38.0 Å². The maximum atomic E-state index is 12.1. The van der Waals surface area contributed by atoms with Crippen molar-refractivity contribution in [3.63, 3.8) is 0 Å². The number of H-pyrrole nitrogens is 1. The van der Waals surface area contributed by atoms with Gasteiger partial charge in [-0.2, -0.15) is 0 Å². The number of nitrogens with one attached hydrogen (secondary N) is 2. The number of benzene rings is 2. The number of nitrogens with zero attached hydrogens (tertiary/aromatic N) is 1.